The Morgan fingerprint density at radius 2 is 2.22 bits per heavy atom. The number of likely N-dealkylation sites (tertiary alicyclic amines) is 1. The topological polar surface area (TPSA) is 112 Å². The first kappa shape index (κ1) is 17.2. The van der Waals surface area contributed by atoms with Crippen LogP contribution in [0.25, 0.3) is 22.6 Å². The van der Waals surface area contributed by atoms with Crippen LogP contribution in [-0.2, 0) is 11.8 Å². The van der Waals surface area contributed by atoms with Crippen molar-refractivity contribution >= 4 is 22.8 Å². The molecule has 1 atom stereocenters. The van der Waals surface area contributed by atoms with Gasteiger partial charge < -0.3 is 19.9 Å². The van der Waals surface area contributed by atoms with Gasteiger partial charge in [-0.3, -0.25) is 9.78 Å². The lowest BCUT2D eigenvalue weighted by atomic mass is 10.2. The second-order valence-corrected chi connectivity index (χ2v) is 6.57. The van der Waals surface area contributed by atoms with Gasteiger partial charge in [-0.2, -0.15) is 4.98 Å². The normalized spacial score (nSPS) is 16.8. The minimum absolute atomic E-state index is 0.0990. The van der Waals surface area contributed by atoms with Crippen LogP contribution in [0.15, 0.2) is 24.8 Å². The number of aromatic nitrogens is 5. The van der Waals surface area contributed by atoms with Crippen LogP contribution >= 0.6 is 0 Å². The smallest absolute Gasteiger partial charge is 0.245 e. The molecule has 3 aromatic rings. The molecule has 1 aliphatic heterocycles. The molecule has 4 rings (SSSR count). The summed E-state index contributed by atoms with van der Waals surface area (Å²) in [5.41, 5.74) is 8.45. The second kappa shape index (κ2) is 6.82. The van der Waals surface area contributed by atoms with Gasteiger partial charge in [0.1, 0.15) is 18.3 Å². The first-order valence-electron chi connectivity index (χ1n) is 8.89. The van der Waals surface area contributed by atoms with Crippen molar-refractivity contribution in [1.29, 1.82) is 0 Å². The van der Waals surface area contributed by atoms with Crippen molar-refractivity contribution < 1.29 is 9.53 Å². The number of carbonyl (C=O) groups excluding carboxylic acids is 1. The number of fused-ring (bicyclic) bond motifs is 1. The van der Waals surface area contributed by atoms with Gasteiger partial charge in [-0.25, -0.2) is 9.97 Å². The molecule has 1 fully saturated rings. The number of nitrogens with two attached hydrogens (primary N) is 1. The lowest BCUT2D eigenvalue weighted by Gasteiger charge is -2.16. The number of pyridine rings is 1. The van der Waals surface area contributed by atoms with E-state index in [-0.39, 0.29) is 12.0 Å². The quantitative estimate of drug-likeness (QED) is 0.741. The van der Waals surface area contributed by atoms with Crippen LogP contribution in [0.3, 0.4) is 0 Å². The van der Waals surface area contributed by atoms with Gasteiger partial charge in [-0.15, -0.1) is 0 Å². The third-order valence-corrected chi connectivity index (χ3v) is 4.72. The molecular weight excluding hydrogens is 346 g/mol. The molecule has 3 aromatic heterocycles. The van der Waals surface area contributed by atoms with Crippen molar-refractivity contribution in [2.75, 3.05) is 18.8 Å². The first-order chi connectivity index (χ1) is 13.1. The van der Waals surface area contributed by atoms with Crippen molar-refractivity contribution in [3.05, 3.63) is 24.8 Å². The van der Waals surface area contributed by atoms with E-state index in [0.29, 0.717) is 48.1 Å². The van der Waals surface area contributed by atoms with E-state index < -0.39 is 0 Å². The first-order valence-corrected chi connectivity index (χ1v) is 8.89. The number of amides is 1. The second-order valence-electron chi connectivity index (χ2n) is 6.57. The van der Waals surface area contributed by atoms with Crippen LogP contribution in [0, 0.1) is 0 Å². The molecule has 1 saturated heterocycles. The number of nitrogen functional groups attached to an aromatic ring is 1. The molecule has 1 unspecified atom stereocenters. The Bertz CT molecular complexity index is 1000. The van der Waals surface area contributed by atoms with Crippen molar-refractivity contribution in [2.24, 2.45) is 7.05 Å². The summed E-state index contributed by atoms with van der Waals surface area (Å²) in [6, 6.07) is 1.81. The molecule has 2 N–H and O–H groups in total. The molecular formula is C18H21N7O2. The van der Waals surface area contributed by atoms with Crippen molar-refractivity contribution in [1.82, 2.24) is 29.4 Å². The number of hydrogen-bond donors (Lipinski definition) is 1. The summed E-state index contributed by atoms with van der Waals surface area (Å²) in [4.78, 5) is 31.1. The van der Waals surface area contributed by atoms with Gasteiger partial charge in [0.15, 0.2) is 11.2 Å². The van der Waals surface area contributed by atoms with E-state index in [1.54, 1.807) is 12.4 Å². The molecule has 0 saturated carbocycles. The SMILES string of the molecule is CCC(=O)N1CCC(Oc2ncnc3c2nc(-c2cncc(N)c2)n3C)C1. The molecule has 0 aliphatic carbocycles. The zero-order chi connectivity index (χ0) is 19.0. The highest BCUT2D eigenvalue weighted by Crippen LogP contribution is 2.28. The predicted molar refractivity (Wildman–Crippen MR) is 99.9 cm³/mol. The van der Waals surface area contributed by atoms with Gasteiger partial charge in [-0.1, -0.05) is 6.92 Å². The van der Waals surface area contributed by atoms with Crippen LogP contribution in [-0.4, -0.2) is 54.5 Å². The van der Waals surface area contributed by atoms with E-state index in [1.165, 1.54) is 6.33 Å². The molecule has 1 amide bonds. The zero-order valence-electron chi connectivity index (χ0n) is 15.3. The highest BCUT2D eigenvalue weighted by Gasteiger charge is 2.28. The van der Waals surface area contributed by atoms with Gasteiger partial charge in [0.25, 0.3) is 0 Å². The van der Waals surface area contributed by atoms with Crippen molar-refractivity contribution in [3.63, 3.8) is 0 Å². The molecule has 0 bridgehead atoms. The Morgan fingerprint density at radius 1 is 1.37 bits per heavy atom. The van der Waals surface area contributed by atoms with Gasteiger partial charge in [-0.05, 0) is 6.07 Å². The number of rotatable bonds is 4. The number of hydrogen-bond acceptors (Lipinski definition) is 7. The third-order valence-electron chi connectivity index (χ3n) is 4.72. The molecule has 0 radical (unpaired) electrons. The molecule has 9 nitrogen and oxygen atoms in total. The van der Waals surface area contributed by atoms with Crippen LogP contribution in [0.2, 0.25) is 0 Å². The van der Waals surface area contributed by atoms with E-state index >= 15 is 0 Å². The Labute approximate surface area is 156 Å². The average molecular weight is 367 g/mol. The number of carbonyl (C=O) groups is 1. The minimum atomic E-state index is -0.0990. The number of anilines is 1. The fraction of sp³-hybridized carbons (Fsp3) is 0.389. The van der Waals surface area contributed by atoms with Crippen LogP contribution in [0.1, 0.15) is 19.8 Å². The Balaban J connectivity index is 1.65. The van der Waals surface area contributed by atoms with Gasteiger partial charge in [0, 0.05) is 44.4 Å². The number of nitrogens with zero attached hydrogens (tertiary/aromatic N) is 6. The molecule has 9 heteroatoms. The van der Waals surface area contributed by atoms with Crippen molar-refractivity contribution in [2.45, 2.75) is 25.9 Å². The fourth-order valence-electron chi connectivity index (χ4n) is 3.34. The van der Waals surface area contributed by atoms with Crippen LogP contribution in [0.5, 0.6) is 5.88 Å². The predicted octanol–water partition coefficient (Wildman–Crippen LogP) is 1.40. The Hall–Kier alpha value is -3.23. The van der Waals surface area contributed by atoms with Gasteiger partial charge >= 0.3 is 0 Å². The Morgan fingerprint density at radius 3 is 3.00 bits per heavy atom. The van der Waals surface area contributed by atoms with E-state index in [2.05, 4.69) is 19.9 Å². The van der Waals surface area contributed by atoms with Gasteiger partial charge in [0.05, 0.1) is 12.2 Å². The zero-order valence-corrected chi connectivity index (χ0v) is 15.3. The van der Waals surface area contributed by atoms with E-state index in [0.717, 1.165) is 12.0 Å². The minimum Gasteiger partial charge on any atom is -0.471 e. The highest BCUT2D eigenvalue weighted by molar-refractivity contribution is 5.81. The summed E-state index contributed by atoms with van der Waals surface area (Å²) in [6.45, 7) is 3.14. The summed E-state index contributed by atoms with van der Waals surface area (Å²) in [5.74, 6) is 1.25. The summed E-state index contributed by atoms with van der Waals surface area (Å²) in [6.07, 6.45) is 5.93. The maximum Gasteiger partial charge on any atom is 0.245 e. The summed E-state index contributed by atoms with van der Waals surface area (Å²) in [7, 11) is 1.88. The molecule has 1 aliphatic rings. The molecule has 140 valence electrons. The standard InChI is InChI=1S/C18H21N7O2/c1-3-14(26)25-5-4-13(9-25)27-18-15-17(21-10-22-18)24(2)16(23-15)11-6-12(19)8-20-7-11/h6-8,10,13H,3-5,9,19H2,1-2H3. The monoisotopic (exact) mass is 367 g/mol. The van der Waals surface area contributed by atoms with Crippen LogP contribution in [0.4, 0.5) is 5.69 Å². The fourth-order valence-corrected chi connectivity index (χ4v) is 3.34. The summed E-state index contributed by atoms with van der Waals surface area (Å²) >= 11 is 0. The van der Waals surface area contributed by atoms with E-state index in [1.807, 2.05) is 29.5 Å². The lowest BCUT2D eigenvalue weighted by molar-refractivity contribution is -0.130. The van der Waals surface area contributed by atoms with Gasteiger partial charge in [0.2, 0.25) is 11.8 Å². The Kier molecular flexibility index (Phi) is 4.35. The van der Waals surface area contributed by atoms with Crippen LogP contribution < -0.4 is 10.5 Å². The third kappa shape index (κ3) is 3.16. The molecule has 0 spiro atoms. The molecule has 0 aromatic carbocycles. The number of ether oxygens (including phenoxy) is 1. The largest absolute Gasteiger partial charge is 0.471 e. The summed E-state index contributed by atoms with van der Waals surface area (Å²) in [5, 5.41) is 0. The number of aryl methyl sites for hydroxylation is 1. The average Bonchev–Trinajstić information content (AvgIpc) is 3.27. The molecule has 27 heavy (non-hydrogen) atoms. The van der Waals surface area contributed by atoms with E-state index in [4.69, 9.17) is 10.5 Å². The maximum atomic E-state index is 11.9. The highest BCUT2D eigenvalue weighted by atomic mass is 16.5. The van der Waals surface area contributed by atoms with E-state index in [9.17, 15) is 4.79 Å². The van der Waals surface area contributed by atoms with Crippen molar-refractivity contribution in [3.8, 4) is 17.3 Å². The maximum absolute atomic E-state index is 11.9. The molecule has 4 heterocycles. The lowest BCUT2D eigenvalue weighted by Crippen LogP contribution is -2.30. The summed E-state index contributed by atoms with van der Waals surface area (Å²) < 4.78 is 7.94. The number of imidazole rings is 1.